The first-order valence-corrected chi connectivity index (χ1v) is 8.34. The van der Waals surface area contributed by atoms with Gasteiger partial charge in [-0.3, -0.25) is 0 Å². The SMILES string of the molecule is CCc1ccc2nc(-c3cc4cccc(OC)c4o3)cc(C(=O)O)c2c1. The van der Waals surface area contributed by atoms with Crippen LogP contribution in [0.3, 0.4) is 0 Å². The quantitative estimate of drug-likeness (QED) is 0.567. The molecule has 0 aliphatic heterocycles. The van der Waals surface area contributed by atoms with Crippen LogP contribution in [0.4, 0.5) is 0 Å². The third-order valence-electron chi connectivity index (χ3n) is 4.49. The van der Waals surface area contributed by atoms with Crippen LogP contribution in [0.25, 0.3) is 33.3 Å². The normalized spacial score (nSPS) is 11.2. The number of aryl methyl sites for hydroxylation is 1. The van der Waals surface area contributed by atoms with Crippen molar-refractivity contribution < 1.29 is 19.1 Å². The molecule has 0 aliphatic carbocycles. The van der Waals surface area contributed by atoms with Gasteiger partial charge in [0.2, 0.25) is 0 Å². The number of benzene rings is 2. The number of aromatic nitrogens is 1. The molecule has 2 heterocycles. The molecule has 130 valence electrons. The summed E-state index contributed by atoms with van der Waals surface area (Å²) < 4.78 is 11.3. The molecular formula is C21H17NO4. The van der Waals surface area contributed by atoms with Gasteiger partial charge in [0.1, 0.15) is 5.69 Å². The standard InChI is InChI=1S/C21H17NO4/c1-3-12-7-8-16-14(9-12)15(21(23)24)11-17(22-16)19-10-13-5-4-6-18(25-2)20(13)26-19/h4-11H,3H2,1-2H3,(H,23,24). The number of fused-ring (bicyclic) bond motifs is 2. The first-order chi connectivity index (χ1) is 12.6. The summed E-state index contributed by atoms with van der Waals surface area (Å²) >= 11 is 0. The van der Waals surface area contributed by atoms with Gasteiger partial charge in [0, 0.05) is 10.8 Å². The Morgan fingerprint density at radius 2 is 2.04 bits per heavy atom. The molecule has 0 saturated carbocycles. The topological polar surface area (TPSA) is 72.6 Å². The van der Waals surface area contributed by atoms with Gasteiger partial charge in [0.15, 0.2) is 17.1 Å². The second-order valence-corrected chi connectivity index (χ2v) is 6.05. The lowest BCUT2D eigenvalue weighted by Gasteiger charge is -2.07. The lowest BCUT2D eigenvalue weighted by Crippen LogP contribution is -2.00. The molecule has 5 heteroatoms. The number of carboxylic acid groups (broad SMARTS) is 1. The summed E-state index contributed by atoms with van der Waals surface area (Å²) in [7, 11) is 1.58. The third kappa shape index (κ3) is 2.58. The number of pyridine rings is 1. The van der Waals surface area contributed by atoms with E-state index in [2.05, 4.69) is 4.98 Å². The van der Waals surface area contributed by atoms with E-state index in [4.69, 9.17) is 9.15 Å². The molecule has 0 aliphatic rings. The Kier molecular flexibility index (Phi) is 3.84. The van der Waals surface area contributed by atoms with E-state index in [9.17, 15) is 9.90 Å². The third-order valence-corrected chi connectivity index (χ3v) is 4.49. The zero-order chi connectivity index (χ0) is 18.3. The molecule has 0 amide bonds. The minimum atomic E-state index is -0.986. The molecule has 4 rings (SSSR count). The first kappa shape index (κ1) is 16.1. The van der Waals surface area contributed by atoms with Crippen molar-refractivity contribution in [3.8, 4) is 17.2 Å². The van der Waals surface area contributed by atoms with Crippen molar-refractivity contribution in [2.45, 2.75) is 13.3 Å². The maximum absolute atomic E-state index is 11.8. The zero-order valence-electron chi connectivity index (χ0n) is 14.4. The summed E-state index contributed by atoms with van der Waals surface area (Å²) in [6.45, 7) is 2.03. The molecule has 2 aromatic heterocycles. The van der Waals surface area contributed by atoms with Crippen LogP contribution in [0.1, 0.15) is 22.8 Å². The van der Waals surface area contributed by atoms with Crippen molar-refractivity contribution in [1.82, 2.24) is 4.98 Å². The number of carbonyl (C=O) groups is 1. The number of methoxy groups -OCH3 is 1. The second kappa shape index (κ2) is 6.19. The number of rotatable bonds is 4. The first-order valence-electron chi connectivity index (χ1n) is 8.34. The smallest absolute Gasteiger partial charge is 0.336 e. The Balaban J connectivity index is 1.96. The molecule has 2 aromatic carbocycles. The van der Waals surface area contributed by atoms with E-state index in [1.165, 1.54) is 0 Å². The van der Waals surface area contributed by atoms with Crippen molar-refractivity contribution in [3.05, 3.63) is 59.7 Å². The Labute approximate surface area is 149 Å². The number of hydrogen-bond donors (Lipinski definition) is 1. The molecule has 0 spiro atoms. The number of para-hydroxylation sites is 1. The van der Waals surface area contributed by atoms with E-state index in [0.29, 0.717) is 33.7 Å². The minimum Gasteiger partial charge on any atom is -0.493 e. The highest BCUT2D eigenvalue weighted by atomic mass is 16.5. The lowest BCUT2D eigenvalue weighted by molar-refractivity contribution is 0.0699. The molecule has 0 saturated heterocycles. The summed E-state index contributed by atoms with van der Waals surface area (Å²) in [4.78, 5) is 16.4. The highest BCUT2D eigenvalue weighted by Gasteiger charge is 2.17. The fraction of sp³-hybridized carbons (Fsp3) is 0.143. The Bertz CT molecular complexity index is 1140. The average Bonchev–Trinajstić information content (AvgIpc) is 3.10. The maximum Gasteiger partial charge on any atom is 0.336 e. The van der Waals surface area contributed by atoms with E-state index < -0.39 is 5.97 Å². The van der Waals surface area contributed by atoms with E-state index in [0.717, 1.165) is 17.4 Å². The summed E-state index contributed by atoms with van der Waals surface area (Å²) in [5.74, 6) is 0.148. The number of aromatic carboxylic acids is 1. The Morgan fingerprint density at radius 3 is 2.77 bits per heavy atom. The highest BCUT2D eigenvalue weighted by molar-refractivity contribution is 6.04. The minimum absolute atomic E-state index is 0.215. The van der Waals surface area contributed by atoms with Gasteiger partial charge in [0.05, 0.1) is 18.2 Å². The molecule has 0 fully saturated rings. The Hall–Kier alpha value is -3.34. The van der Waals surface area contributed by atoms with Crippen molar-refractivity contribution in [1.29, 1.82) is 0 Å². The molecule has 4 aromatic rings. The van der Waals surface area contributed by atoms with E-state index in [-0.39, 0.29) is 5.56 Å². The second-order valence-electron chi connectivity index (χ2n) is 6.05. The number of ether oxygens (including phenoxy) is 1. The fourth-order valence-corrected chi connectivity index (χ4v) is 3.12. The maximum atomic E-state index is 11.8. The summed E-state index contributed by atoms with van der Waals surface area (Å²) in [5.41, 5.74) is 3.02. The largest absolute Gasteiger partial charge is 0.493 e. The summed E-state index contributed by atoms with van der Waals surface area (Å²) in [5, 5.41) is 11.2. The van der Waals surface area contributed by atoms with Crippen LogP contribution in [-0.4, -0.2) is 23.2 Å². The predicted molar refractivity (Wildman–Crippen MR) is 99.8 cm³/mol. The fourth-order valence-electron chi connectivity index (χ4n) is 3.12. The van der Waals surface area contributed by atoms with Crippen LogP contribution in [0.5, 0.6) is 5.75 Å². The van der Waals surface area contributed by atoms with Gasteiger partial charge in [-0.05, 0) is 42.3 Å². The molecule has 0 bridgehead atoms. The number of hydrogen-bond acceptors (Lipinski definition) is 4. The number of nitrogens with zero attached hydrogens (tertiary/aromatic N) is 1. The van der Waals surface area contributed by atoms with E-state index >= 15 is 0 Å². The van der Waals surface area contributed by atoms with Crippen LogP contribution < -0.4 is 4.74 Å². The van der Waals surface area contributed by atoms with E-state index in [1.807, 2.05) is 49.4 Å². The monoisotopic (exact) mass is 347 g/mol. The van der Waals surface area contributed by atoms with E-state index in [1.54, 1.807) is 13.2 Å². The van der Waals surface area contributed by atoms with Gasteiger partial charge in [-0.1, -0.05) is 25.1 Å². The molecule has 1 N–H and O–H groups in total. The van der Waals surface area contributed by atoms with Crippen LogP contribution in [-0.2, 0) is 6.42 Å². The van der Waals surface area contributed by atoms with Gasteiger partial charge in [0.25, 0.3) is 0 Å². The molecule has 0 radical (unpaired) electrons. The van der Waals surface area contributed by atoms with Gasteiger partial charge < -0.3 is 14.3 Å². The number of carboxylic acids is 1. The van der Waals surface area contributed by atoms with Gasteiger partial charge >= 0.3 is 5.97 Å². The average molecular weight is 347 g/mol. The number of furan rings is 1. The Morgan fingerprint density at radius 1 is 1.19 bits per heavy atom. The van der Waals surface area contributed by atoms with Crippen molar-refractivity contribution in [2.24, 2.45) is 0 Å². The molecule has 0 unspecified atom stereocenters. The summed E-state index contributed by atoms with van der Waals surface area (Å²) in [6, 6.07) is 14.7. The molecule has 5 nitrogen and oxygen atoms in total. The zero-order valence-corrected chi connectivity index (χ0v) is 14.4. The lowest BCUT2D eigenvalue weighted by atomic mass is 10.0. The van der Waals surface area contributed by atoms with Crippen molar-refractivity contribution in [3.63, 3.8) is 0 Å². The van der Waals surface area contributed by atoms with Gasteiger partial charge in [-0.15, -0.1) is 0 Å². The van der Waals surface area contributed by atoms with Crippen molar-refractivity contribution in [2.75, 3.05) is 7.11 Å². The van der Waals surface area contributed by atoms with Crippen LogP contribution in [0.15, 0.2) is 52.9 Å². The summed E-state index contributed by atoms with van der Waals surface area (Å²) in [6.07, 6.45) is 0.833. The van der Waals surface area contributed by atoms with Gasteiger partial charge in [-0.2, -0.15) is 0 Å². The highest BCUT2D eigenvalue weighted by Crippen LogP contribution is 2.34. The molecule has 26 heavy (non-hydrogen) atoms. The van der Waals surface area contributed by atoms with Crippen molar-refractivity contribution >= 4 is 27.8 Å². The molecule has 0 atom stereocenters. The van der Waals surface area contributed by atoms with Crippen LogP contribution in [0, 0.1) is 0 Å². The van der Waals surface area contributed by atoms with Crippen LogP contribution >= 0.6 is 0 Å². The van der Waals surface area contributed by atoms with Gasteiger partial charge in [-0.25, -0.2) is 9.78 Å². The molecular weight excluding hydrogens is 330 g/mol. The predicted octanol–water partition coefficient (Wildman–Crippen LogP) is 4.92. The van der Waals surface area contributed by atoms with Crippen LogP contribution in [0.2, 0.25) is 0 Å².